The molecule has 164 valence electrons. The van der Waals surface area contributed by atoms with Crippen LogP contribution in [0.4, 0.5) is 0 Å². The molecule has 0 radical (unpaired) electrons. The summed E-state index contributed by atoms with van der Waals surface area (Å²) in [7, 11) is 0. The number of carbonyl (C=O) groups is 5. The smallest absolute Gasteiger partial charge is 0.308 e. The minimum absolute atomic E-state index is 0.0674. The van der Waals surface area contributed by atoms with Crippen molar-refractivity contribution in [2.24, 2.45) is 0 Å². The molecule has 31 heavy (non-hydrogen) atoms. The summed E-state index contributed by atoms with van der Waals surface area (Å²) in [6, 6.07) is 0. The maximum Gasteiger partial charge on any atom is 0.308 e. The van der Waals surface area contributed by atoms with Gasteiger partial charge >= 0.3 is 11.9 Å². The summed E-state index contributed by atoms with van der Waals surface area (Å²) in [5.74, 6) is -3.95. The fraction of sp³-hybridized carbons (Fsp3) is 0.409. The van der Waals surface area contributed by atoms with E-state index in [1.54, 1.807) is 0 Å². The number of fused-ring (bicyclic) bond motifs is 3. The average molecular weight is 430 g/mol. The first-order valence-electron chi connectivity index (χ1n) is 9.55. The Morgan fingerprint density at radius 2 is 1.55 bits per heavy atom. The van der Waals surface area contributed by atoms with E-state index in [0.29, 0.717) is 0 Å². The Balaban J connectivity index is 2.48. The molecule has 0 spiro atoms. The molecule has 1 N–H and O–H groups in total. The number of hydrogen-bond acceptors (Lipinski definition) is 9. The molecule has 1 aromatic rings. The van der Waals surface area contributed by atoms with Crippen LogP contribution in [0.5, 0.6) is 17.2 Å². The van der Waals surface area contributed by atoms with Gasteiger partial charge in [-0.15, -0.1) is 0 Å². The molecular formula is C22H22O9. The molecule has 0 saturated heterocycles. The number of carbonyl (C=O) groups excluding carboxylic acids is 5. The van der Waals surface area contributed by atoms with Crippen molar-refractivity contribution in [1.82, 2.24) is 0 Å². The zero-order chi connectivity index (χ0) is 23.4. The van der Waals surface area contributed by atoms with Crippen LogP contribution in [-0.2, 0) is 24.6 Å². The Kier molecular flexibility index (Phi) is 5.25. The number of ether oxygens (including phenoxy) is 3. The lowest BCUT2D eigenvalue weighted by Crippen LogP contribution is -2.45. The summed E-state index contributed by atoms with van der Waals surface area (Å²) in [4.78, 5) is 60.7. The van der Waals surface area contributed by atoms with E-state index in [2.05, 4.69) is 0 Å². The predicted octanol–water partition coefficient (Wildman–Crippen LogP) is 2.44. The highest BCUT2D eigenvalue weighted by Crippen LogP contribution is 2.59. The zero-order valence-electron chi connectivity index (χ0n) is 18.0. The molecule has 1 heterocycles. The van der Waals surface area contributed by atoms with Crippen molar-refractivity contribution >= 4 is 29.3 Å². The highest BCUT2D eigenvalue weighted by molar-refractivity contribution is 6.21. The van der Waals surface area contributed by atoms with Gasteiger partial charge in [-0.2, -0.15) is 0 Å². The zero-order valence-corrected chi connectivity index (χ0v) is 18.0. The third-order valence-electron chi connectivity index (χ3n) is 5.59. The number of esters is 2. The maximum atomic E-state index is 12.5. The normalized spacial score (nSPS) is 21.7. The summed E-state index contributed by atoms with van der Waals surface area (Å²) in [6.07, 6.45) is -1.22. The summed E-state index contributed by atoms with van der Waals surface area (Å²) in [5, 5.41) is 11.0. The van der Waals surface area contributed by atoms with E-state index in [1.807, 2.05) is 0 Å². The van der Waals surface area contributed by atoms with Gasteiger partial charge in [-0.05, 0) is 27.7 Å². The van der Waals surface area contributed by atoms with E-state index in [4.69, 9.17) is 14.2 Å². The maximum absolute atomic E-state index is 12.5. The number of hydrogen-bond donors (Lipinski definition) is 1. The van der Waals surface area contributed by atoms with Crippen LogP contribution in [0.3, 0.4) is 0 Å². The highest BCUT2D eigenvalue weighted by atomic mass is 16.6. The van der Waals surface area contributed by atoms with Crippen LogP contribution in [0.2, 0.25) is 0 Å². The first-order chi connectivity index (χ1) is 14.3. The summed E-state index contributed by atoms with van der Waals surface area (Å²) in [6.45, 7) is 7.73. The van der Waals surface area contributed by atoms with Crippen molar-refractivity contribution in [3.8, 4) is 17.2 Å². The van der Waals surface area contributed by atoms with Crippen molar-refractivity contribution < 1.29 is 43.3 Å². The van der Waals surface area contributed by atoms with Gasteiger partial charge in [0.2, 0.25) is 0 Å². The van der Waals surface area contributed by atoms with E-state index in [9.17, 15) is 29.1 Å². The molecule has 9 nitrogen and oxygen atoms in total. The van der Waals surface area contributed by atoms with Gasteiger partial charge in [0.05, 0.1) is 16.6 Å². The molecule has 2 atom stereocenters. The molecule has 2 aliphatic rings. The Bertz CT molecular complexity index is 1110. The Morgan fingerprint density at radius 1 is 1.00 bits per heavy atom. The Labute approximate surface area is 178 Å². The standard InChI is InChI=1S/C22H22O9/c1-8-18(29-11(4)25)16(10(3)24)20-17(19(8)30-12(5)26)22(6)14(31-20)7-13(27)15(9(2)23)21(22)28/h14,28H,7H2,1-6H3/t14-,22-/m0/s1. The third kappa shape index (κ3) is 3.20. The SMILES string of the molecule is CC(=O)Oc1c(C)c(OC(C)=O)c2c(c1C(C)=O)O[C@H]1CC(=O)C(C(C)=O)=C(O)[C@]21C. The number of Topliss-reactive ketones (excluding diaryl/α,β-unsaturated/α-hetero) is 3. The van der Waals surface area contributed by atoms with E-state index >= 15 is 0 Å². The molecule has 9 heteroatoms. The largest absolute Gasteiger partial charge is 0.510 e. The first-order valence-corrected chi connectivity index (χ1v) is 9.55. The van der Waals surface area contributed by atoms with Gasteiger partial charge in [-0.3, -0.25) is 24.0 Å². The van der Waals surface area contributed by atoms with Crippen molar-refractivity contribution in [3.63, 3.8) is 0 Å². The fourth-order valence-corrected chi connectivity index (χ4v) is 4.22. The van der Waals surface area contributed by atoms with Gasteiger partial charge < -0.3 is 19.3 Å². The highest BCUT2D eigenvalue weighted by Gasteiger charge is 2.58. The molecule has 0 amide bonds. The van der Waals surface area contributed by atoms with E-state index < -0.39 is 46.6 Å². The monoisotopic (exact) mass is 430 g/mol. The van der Waals surface area contributed by atoms with Crippen LogP contribution in [0.1, 0.15) is 62.5 Å². The minimum Gasteiger partial charge on any atom is -0.510 e. The molecule has 0 fully saturated rings. The van der Waals surface area contributed by atoms with E-state index in [1.165, 1.54) is 20.8 Å². The average Bonchev–Trinajstić information content (AvgIpc) is 2.90. The van der Waals surface area contributed by atoms with Crippen LogP contribution in [0.15, 0.2) is 11.3 Å². The second kappa shape index (κ2) is 7.33. The Morgan fingerprint density at radius 3 is 2.03 bits per heavy atom. The molecule has 0 bridgehead atoms. The molecule has 1 aliphatic carbocycles. The van der Waals surface area contributed by atoms with Gasteiger partial charge in [-0.25, -0.2) is 0 Å². The second-order valence-corrected chi connectivity index (χ2v) is 7.82. The molecule has 1 aliphatic heterocycles. The topological polar surface area (TPSA) is 133 Å². The number of aliphatic hydroxyl groups excluding tert-OH is 1. The van der Waals surface area contributed by atoms with E-state index in [-0.39, 0.29) is 45.9 Å². The number of aliphatic hydroxyl groups is 1. The lowest BCUT2D eigenvalue weighted by Gasteiger charge is -2.35. The molecule has 1 aromatic carbocycles. The number of benzene rings is 1. The second-order valence-electron chi connectivity index (χ2n) is 7.82. The molecule has 0 unspecified atom stereocenters. The van der Waals surface area contributed by atoms with Crippen LogP contribution < -0.4 is 14.2 Å². The molecule has 0 saturated carbocycles. The van der Waals surface area contributed by atoms with Gasteiger partial charge in [0, 0.05) is 25.8 Å². The van der Waals surface area contributed by atoms with Crippen molar-refractivity contribution in [2.45, 2.75) is 59.5 Å². The summed E-state index contributed by atoms with van der Waals surface area (Å²) >= 11 is 0. The van der Waals surface area contributed by atoms with Crippen molar-refractivity contribution in [2.75, 3.05) is 0 Å². The number of rotatable bonds is 4. The predicted molar refractivity (Wildman–Crippen MR) is 106 cm³/mol. The lowest BCUT2D eigenvalue weighted by molar-refractivity contribution is -0.132. The molecule has 0 aromatic heterocycles. The Hall–Kier alpha value is -3.49. The van der Waals surface area contributed by atoms with Gasteiger partial charge in [0.25, 0.3) is 0 Å². The summed E-state index contributed by atoms with van der Waals surface area (Å²) < 4.78 is 16.6. The summed E-state index contributed by atoms with van der Waals surface area (Å²) in [5.41, 5.74) is -1.61. The lowest BCUT2D eigenvalue weighted by atomic mass is 9.68. The van der Waals surface area contributed by atoms with Crippen LogP contribution in [-0.4, -0.2) is 40.5 Å². The fourth-order valence-electron chi connectivity index (χ4n) is 4.22. The molecular weight excluding hydrogens is 408 g/mol. The number of ketones is 3. The van der Waals surface area contributed by atoms with Crippen molar-refractivity contribution in [1.29, 1.82) is 0 Å². The third-order valence-corrected chi connectivity index (χ3v) is 5.59. The minimum atomic E-state index is -1.46. The van der Waals surface area contributed by atoms with Gasteiger partial charge in [0.15, 0.2) is 23.1 Å². The van der Waals surface area contributed by atoms with Crippen LogP contribution in [0.25, 0.3) is 0 Å². The molecule has 3 rings (SSSR count). The van der Waals surface area contributed by atoms with Crippen LogP contribution >= 0.6 is 0 Å². The number of allylic oxidation sites excluding steroid dienone is 1. The first kappa shape index (κ1) is 22.2. The van der Waals surface area contributed by atoms with E-state index in [0.717, 1.165) is 20.8 Å². The van der Waals surface area contributed by atoms with Crippen molar-refractivity contribution in [3.05, 3.63) is 28.0 Å². The quantitative estimate of drug-likeness (QED) is 0.331. The van der Waals surface area contributed by atoms with Crippen LogP contribution in [0, 0.1) is 6.92 Å². The van der Waals surface area contributed by atoms with Gasteiger partial charge in [-0.1, -0.05) is 0 Å². The van der Waals surface area contributed by atoms with Gasteiger partial charge in [0.1, 0.15) is 28.9 Å².